The van der Waals surface area contributed by atoms with Crippen LogP contribution < -0.4 is 0 Å². The van der Waals surface area contributed by atoms with Crippen LogP contribution in [0.4, 0.5) is 0 Å². The van der Waals surface area contributed by atoms with Gasteiger partial charge in [-0.3, -0.25) is 0 Å². The first-order valence-electron chi connectivity index (χ1n) is 13.7. The molecule has 4 saturated carbocycles. The average Bonchev–Trinajstić information content (AvgIpc) is 3.61. The number of allylic oxidation sites excluding steroid dienone is 2. The van der Waals surface area contributed by atoms with Crippen molar-refractivity contribution in [1.29, 1.82) is 0 Å². The van der Waals surface area contributed by atoms with Gasteiger partial charge in [-0.2, -0.15) is 0 Å². The molecule has 1 N–H and O–H groups in total. The minimum atomic E-state index is -0.0659. The van der Waals surface area contributed by atoms with Crippen molar-refractivity contribution in [2.24, 2.45) is 45.8 Å². The standard InChI is InChI=1S/C27H43IO.C2H4O/c1-17-8-12-24(3)13-9-20-21(27(24,28)16-17)6-7-23-25(4)15-11-22(29)18(2)19(25)10-14-26(20,23)5;1-2-3-1/h6,17-20,22-23,29H,7-16H2,1-5H3;1-2H2. The van der Waals surface area contributed by atoms with Crippen LogP contribution in [0, 0.1) is 45.8 Å². The van der Waals surface area contributed by atoms with Gasteiger partial charge < -0.3 is 9.84 Å². The summed E-state index contributed by atoms with van der Waals surface area (Å²) >= 11 is 2.95. The molecule has 32 heavy (non-hydrogen) atoms. The Kier molecular flexibility index (Phi) is 6.19. The molecule has 1 aliphatic heterocycles. The van der Waals surface area contributed by atoms with Crippen LogP contribution in [0.2, 0.25) is 0 Å². The van der Waals surface area contributed by atoms with Crippen LogP contribution in [0.25, 0.3) is 0 Å². The van der Waals surface area contributed by atoms with Gasteiger partial charge in [0.15, 0.2) is 0 Å². The van der Waals surface area contributed by atoms with Gasteiger partial charge in [-0.15, -0.1) is 0 Å². The molecule has 0 aromatic rings. The zero-order valence-electron chi connectivity index (χ0n) is 21.3. The zero-order chi connectivity index (χ0) is 22.9. The van der Waals surface area contributed by atoms with Crippen molar-refractivity contribution in [3.8, 4) is 0 Å². The highest BCUT2D eigenvalue weighted by molar-refractivity contribution is 14.1. The first kappa shape index (κ1) is 24.1. The maximum Gasteiger partial charge on any atom is 0.0701 e. The number of epoxide rings is 1. The molecule has 0 aromatic heterocycles. The molecule has 6 aliphatic rings. The number of alkyl halides is 1. The summed E-state index contributed by atoms with van der Waals surface area (Å²) < 4.78 is 4.90. The van der Waals surface area contributed by atoms with Crippen LogP contribution in [0.15, 0.2) is 11.6 Å². The summed E-state index contributed by atoms with van der Waals surface area (Å²) in [4.78, 5) is 0. The fourth-order valence-electron chi connectivity index (χ4n) is 9.66. The number of aliphatic hydroxyl groups is 1. The van der Waals surface area contributed by atoms with Crippen molar-refractivity contribution in [3.63, 3.8) is 0 Å². The minimum absolute atomic E-state index is 0.0659. The molecule has 5 fully saturated rings. The van der Waals surface area contributed by atoms with Crippen LogP contribution in [0.3, 0.4) is 0 Å². The molecule has 0 bridgehead atoms. The van der Waals surface area contributed by atoms with Crippen molar-refractivity contribution in [2.45, 2.75) is 108 Å². The monoisotopic (exact) mass is 554 g/mol. The van der Waals surface area contributed by atoms with Gasteiger partial charge in [0, 0.05) is 3.42 Å². The average molecular weight is 555 g/mol. The van der Waals surface area contributed by atoms with E-state index in [0.29, 0.717) is 25.6 Å². The minimum Gasteiger partial charge on any atom is -0.393 e. The smallest absolute Gasteiger partial charge is 0.0701 e. The van der Waals surface area contributed by atoms with Gasteiger partial charge in [0.1, 0.15) is 0 Å². The van der Waals surface area contributed by atoms with E-state index in [2.05, 4.69) is 68.0 Å². The molecule has 2 nitrogen and oxygen atoms in total. The number of ether oxygens (including phenoxy) is 1. The van der Waals surface area contributed by atoms with E-state index in [9.17, 15) is 5.11 Å². The first-order valence-corrected chi connectivity index (χ1v) is 14.8. The predicted octanol–water partition coefficient (Wildman–Crippen LogP) is 7.57. The lowest BCUT2D eigenvalue weighted by atomic mass is 9.39. The lowest BCUT2D eigenvalue weighted by Crippen LogP contribution is -2.61. The van der Waals surface area contributed by atoms with E-state index >= 15 is 0 Å². The Morgan fingerprint density at radius 2 is 1.59 bits per heavy atom. The van der Waals surface area contributed by atoms with Gasteiger partial charge in [0.05, 0.1) is 19.3 Å². The Bertz CT molecular complexity index is 760. The second-order valence-electron chi connectivity index (χ2n) is 13.5. The Morgan fingerprint density at radius 3 is 2.28 bits per heavy atom. The topological polar surface area (TPSA) is 32.8 Å². The van der Waals surface area contributed by atoms with Crippen LogP contribution in [-0.2, 0) is 4.74 Å². The molecule has 10 atom stereocenters. The number of fused-ring (bicyclic) bond motifs is 7. The predicted molar refractivity (Wildman–Crippen MR) is 141 cm³/mol. The number of hydrogen-bond donors (Lipinski definition) is 1. The van der Waals surface area contributed by atoms with E-state index in [1.54, 1.807) is 0 Å². The van der Waals surface area contributed by atoms with Crippen LogP contribution in [0.5, 0.6) is 0 Å². The van der Waals surface area contributed by atoms with Crippen LogP contribution >= 0.6 is 22.6 Å². The molecule has 182 valence electrons. The molecule has 1 saturated heterocycles. The molecule has 0 radical (unpaired) electrons. The maximum absolute atomic E-state index is 10.6. The molecule has 1 heterocycles. The largest absolute Gasteiger partial charge is 0.393 e. The highest BCUT2D eigenvalue weighted by Gasteiger charge is 2.65. The molecular weight excluding hydrogens is 507 g/mol. The molecule has 10 unspecified atom stereocenters. The Balaban J connectivity index is 0.000000666. The van der Waals surface area contributed by atoms with Crippen molar-refractivity contribution >= 4 is 22.6 Å². The molecule has 5 aliphatic carbocycles. The summed E-state index contributed by atoms with van der Waals surface area (Å²) in [6, 6.07) is 0. The van der Waals surface area contributed by atoms with E-state index in [1.807, 2.05) is 5.57 Å². The second-order valence-corrected chi connectivity index (χ2v) is 15.3. The maximum atomic E-state index is 10.6. The van der Waals surface area contributed by atoms with E-state index < -0.39 is 0 Å². The molecular formula is C29H47IO2. The SMILES string of the molecule is C1CO1.CC1CCC2(C)CCC3C(=CCC4C3(C)CCC3C(C)C(O)CCC34C)C2(I)C1. The highest BCUT2D eigenvalue weighted by atomic mass is 127. The van der Waals surface area contributed by atoms with Crippen molar-refractivity contribution in [1.82, 2.24) is 0 Å². The van der Waals surface area contributed by atoms with Gasteiger partial charge in [0.25, 0.3) is 0 Å². The summed E-state index contributed by atoms with van der Waals surface area (Å²) in [6.45, 7) is 14.8. The van der Waals surface area contributed by atoms with Crippen LogP contribution in [0.1, 0.15) is 98.8 Å². The van der Waals surface area contributed by atoms with Crippen molar-refractivity contribution in [2.75, 3.05) is 13.2 Å². The molecule has 0 spiro atoms. The summed E-state index contributed by atoms with van der Waals surface area (Å²) in [5, 5.41) is 10.6. The third-order valence-corrected chi connectivity index (χ3v) is 14.2. The van der Waals surface area contributed by atoms with Gasteiger partial charge in [-0.05, 0) is 104 Å². The zero-order valence-corrected chi connectivity index (χ0v) is 23.4. The summed E-state index contributed by atoms with van der Waals surface area (Å²) in [5.74, 6) is 3.68. The van der Waals surface area contributed by atoms with Crippen molar-refractivity contribution in [3.05, 3.63) is 11.6 Å². The molecule has 0 amide bonds. The highest BCUT2D eigenvalue weighted by Crippen LogP contribution is 2.72. The summed E-state index contributed by atoms with van der Waals surface area (Å²) in [6.07, 6.45) is 16.1. The van der Waals surface area contributed by atoms with E-state index in [1.165, 1.54) is 57.8 Å². The fraction of sp³-hybridized carbons (Fsp3) is 0.931. The Morgan fingerprint density at radius 1 is 0.938 bits per heavy atom. The Hall–Kier alpha value is 0.390. The number of halogens is 1. The molecule has 3 heteroatoms. The second kappa shape index (κ2) is 8.22. The number of hydrogen-bond acceptors (Lipinski definition) is 2. The Labute approximate surface area is 210 Å². The number of rotatable bonds is 0. The van der Waals surface area contributed by atoms with Gasteiger partial charge in [-0.1, -0.05) is 75.3 Å². The molecule has 0 aromatic carbocycles. The summed E-state index contributed by atoms with van der Waals surface area (Å²) in [5.41, 5.74) is 3.28. The number of aliphatic hydroxyl groups excluding tert-OH is 1. The van der Waals surface area contributed by atoms with Gasteiger partial charge in [0.2, 0.25) is 0 Å². The van der Waals surface area contributed by atoms with Gasteiger partial charge >= 0.3 is 0 Å². The normalized spacial score (nSPS) is 56.3. The lowest BCUT2D eigenvalue weighted by Gasteiger charge is -2.68. The third kappa shape index (κ3) is 3.52. The van der Waals surface area contributed by atoms with E-state index in [4.69, 9.17) is 0 Å². The van der Waals surface area contributed by atoms with E-state index in [0.717, 1.165) is 43.3 Å². The summed E-state index contributed by atoms with van der Waals surface area (Å²) in [7, 11) is 0. The fourth-order valence-corrected chi connectivity index (χ4v) is 11.5. The van der Waals surface area contributed by atoms with Gasteiger partial charge in [-0.25, -0.2) is 0 Å². The lowest BCUT2D eigenvalue weighted by molar-refractivity contribution is -0.153. The molecule has 6 rings (SSSR count). The third-order valence-electron chi connectivity index (χ3n) is 11.8. The first-order chi connectivity index (χ1) is 15.1. The quantitative estimate of drug-likeness (QED) is 0.145. The van der Waals surface area contributed by atoms with E-state index in [-0.39, 0.29) is 6.10 Å². The van der Waals surface area contributed by atoms with Crippen LogP contribution in [-0.4, -0.2) is 27.8 Å². The van der Waals surface area contributed by atoms with Crippen molar-refractivity contribution < 1.29 is 9.84 Å².